The van der Waals surface area contributed by atoms with E-state index < -0.39 is 11.1 Å². The van der Waals surface area contributed by atoms with E-state index in [-0.39, 0.29) is 29.3 Å². The Labute approximate surface area is 142 Å². The van der Waals surface area contributed by atoms with E-state index in [1.807, 2.05) is 20.8 Å². The zero-order chi connectivity index (χ0) is 18.2. The van der Waals surface area contributed by atoms with Crippen LogP contribution in [0, 0.1) is 5.82 Å². The fourth-order valence-corrected chi connectivity index (χ4v) is 2.33. The first-order valence-corrected chi connectivity index (χ1v) is 7.63. The van der Waals surface area contributed by atoms with Crippen LogP contribution in [0.2, 0.25) is 0 Å². The zero-order valence-corrected chi connectivity index (χ0v) is 14.0. The molecule has 1 aromatic carbocycles. The molecule has 0 unspecified atom stereocenters. The van der Waals surface area contributed by atoms with Crippen molar-refractivity contribution in [2.75, 3.05) is 0 Å². The fraction of sp³-hybridized carbons (Fsp3) is 0.312. The summed E-state index contributed by atoms with van der Waals surface area (Å²) in [5.41, 5.74) is -0.0917. The maximum atomic E-state index is 13.0. The molecular formula is C16H17FN6O2. The van der Waals surface area contributed by atoms with Crippen LogP contribution in [-0.4, -0.2) is 36.2 Å². The molecule has 9 heteroatoms. The summed E-state index contributed by atoms with van der Waals surface area (Å²) in [6.07, 6.45) is 1.36. The molecule has 0 radical (unpaired) electrons. The van der Waals surface area contributed by atoms with Crippen molar-refractivity contribution in [1.82, 2.24) is 30.1 Å². The normalized spacial score (nSPS) is 11.7. The molecule has 0 aliphatic carbocycles. The lowest BCUT2D eigenvalue weighted by atomic mass is 10.1. The highest BCUT2D eigenvalue weighted by Gasteiger charge is 2.17. The third-order valence-electron chi connectivity index (χ3n) is 3.34. The number of aromatic nitrogens is 5. The van der Waals surface area contributed by atoms with Gasteiger partial charge in [0.05, 0.1) is 11.9 Å². The van der Waals surface area contributed by atoms with Crippen molar-refractivity contribution in [1.29, 1.82) is 0 Å². The minimum Gasteiger partial charge on any atom is -0.350 e. The van der Waals surface area contributed by atoms with E-state index in [0.717, 1.165) is 4.68 Å². The van der Waals surface area contributed by atoms with Gasteiger partial charge in [0.2, 0.25) is 5.91 Å². The summed E-state index contributed by atoms with van der Waals surface area (Å²) in [4.78, 5) is 24.5. The van der Waals surface area contributed by atoms with Crippen molar-refractivity contribution in [3.8, 4) is 5.69 Å². The molecule has 1 amide bonds. The molecule has 0 aliphatic heterocycles. The van der Waals surface area contributed by atoms with Crippen LogP contribution in [0.1, 0.15) is 20.8 Å². The first-order valence-electron chi connectivity index (χ1n) is 7.63. The van der Waals surface area contributed by atoms with Crippen LogP contribution < -0.4 is 10.9 Å². The summed E-state index contributed by atoms with van der Waals surface area (Å²) in [5, 5.41) is 14.9. The molecule has 3 rings (SSSR count). The molecule has 8 nitrogen and oxygen atoms in total. The van der Waals surface area contributed by atoms with Gasteiger partial charge in [0.15, 0.2) is 5.65 Å². The minimum absolute atomic E-state index is 0.225. The number of benzene rings is 1. The molecule has 25 heavy (non-hydrogen) atoms. The van der Waals surface area contributed by atoms with Crippen LogP contribution in [0.15, 0.2) is 35.3 Å². The van der Waals surface area contributed by atoms with Crippen molar-refractivity contribution in [2.45, 2.75) is 32.9 Å². The minimum atomic E-state index is -0.470. The number of halogens is 1. The van der Waals surface area contributed by atoms with Crippen molar-refractivity contribution in [3.05, 3.63) is 46.6 Å². The Morgan fingerprint density at radius 3 is 2.56 bits per heavy atom. The highest BCUT2D eigenvalue weighted by Crippen LogP contribution is 2.13. The van der Waals surface area contributed by atoms with E-state index in [4.69, 9.17) is 0 Å². The third-order valence-corrected chi connectivity index (χ3v) is 3.34. The first kappa shape index (κ1) is 16.7. The van der Waals surface area contributed by atoms with Gasteiger partial charge in [-0.25, -0.2) is 13.8 Å². The van der Waals surface area contributed by atoms with Gasteiger partial charge in [0.1, 0.15) is 17.7 Å². The molecule has 3 aromatic rings. The van der Waals surface area contributed by atoms with Gasteiger partial charge in [-0.3, -0.25) is 9.59 Å². The lowest BCUT2D eigenvalue weighted by Gasteiger charge is -2.20. The number of nitrogens with zero attached hydrogens (tertiary/aromatic N) is 5. The summed E-state index contributed by atoms with van der Waals surface area (Å²) >= 11 is 0. The van der Waals surface area contributed by atoms with Gasteiger partial charge in [-0.1, -0.05) is 5.21 Å². The number of amides is 1. The molecular weight excluding hydrogens is 327 g/mol. The van der Waals surface area contributed by atoms with E-state index in [0.29, 0.717) is 5.69 Å². The number of nitrogens with one attached hydrogen (secondary N) is 1. The highest BCUT2D eigenvalue weighted by atomic mass is 19.1. The van der Waals surface area contributed by atoms with Crippen LogP contribution in [0.3, 0.4) is 0 Å². The smallest absolute Gasteiger partial charge is 0.281 e. The second-order valence-corrected chi connectivity index (χ2v) is 6.62. The van der Waals surface area contributed by atoms with Gasteiger partial charge in [-0.15, -0.1) is 5.10 Å². The standard InChI is InChI=1S/C16H17FN6O2/c1-16(2,3)19-13(24)9-22-15(25)12-8-18-23(14(12)20-21-22)11-6-4-10(17)5-7-11/h4-8H,9H2,1-3H3,(H,19,24). The van der Waals surface area contributed by atoms with Crippen molar-refractivity contribution < 1.29 is 9.18 Å². The van der Waals surface area contributed by atoms with Gasteiger partial charge >= 0.3 is 0 Å². The van der Waals surface area contributed by atoms with Crippen LogP contribution in [0.5, 0.6) is 0 Å². The molecule has 130 valence electrons. The quantitative estimate of drug-likeness (QED) is 0.766. The number of rotatable bonds is 3. The van der Waals surface area contributed by atoms with E-state index in [9.17, 15) is 14.0 Å². The maximum absolute atomic E-state index is 13.0. The third kappa shape index (κ3) is 3.54. The molecule has 1 N–H and O–H groups in total. The molecule has 0 spiro atoms. The summed E-state index contributed by atoms with van der Waals surface area (Å²) in [6.45, 7) is 5.29. The summed E-state index contributed by atoms with van der Waals surface area (Å²) < 4.78 is 15.4. The zero-order valence-electron chi connectivity index (χ0n) is 14.0. The second-order valence-electron chi connectivity index (χ2n) is 6.62. The second kappa shape index (κ2) is 6.08. The van der Waals surface area contributed by atoms with E-state index in [1.54, 1.807) is 0 Å². The predicted molar refractivity (Wildman–Crippen MR) is 88.8 cm³/mol. The van der Waals surface area contributed by atoms with Gasteiger partial charge in [0, 0.05) is 5.54 Å². The monoisotopic (exact) mass is 344 g/mol. The molecule has 0 bridgehead atoms. The number of carbonyl (C=O) groups excluding carboxylic acids is 1. The Bertz CT molecular complexity index is 985. The summed E-state index contributed by atoms with van der Waals surface area (Å²) in [7, 11) is 0. The van der Waals surface area contributed by atoms with Crippen molar-refractivity contribution in [3.63, 3.8) is 0 Å². The number of carbonyl (C=O) groups is 1. The van der Waals surface area contributed by atoms with Crippen molar-refractivity contribution in [2.24, 2.45) is 0 Å². The Morgan fingerprint density at radius 2 is 1.92 bits per heavy atom. The molecule has 0 saturated carbocycles. The topological polar surface area (TPSA) is 94.7 Å². The lowest BCUT2D eigenvalue weighted by molar-refractivity contribution is -0.123. The maximum Gasteiger partial charge on any atom is 0.281 e. The largest absolute Gasteiger partial charge is 0.350 e. The van der Waals surface area contributed by atoms with E-state index in [1.165, 1.54) is 35.1 Å². The lowest BCUT2D eigenvalue weighted by Crippen LogP contribution is -2.44. The van der Waals surface area contributed by atoms with Crippen LogP contribution >= 0.6 is 0 Å². The molecule has 0 fully saturated rings. The molecule has 2 aromatic heterocycles. The van der Waals surface area contributed by atoms with Crippen molar-refractivity contribution >= 4 is 16.9 Å². The fourth-order valence-electron chi connectivity index (χ4n) is 2.33. The number of hydrogen-bond acceptors (Lipinski definition) is 5. The molecule has 2 heterocycles. The Hall–Kier alpha value is -3.10. The average molecular weight is 344 g/mol. The van der Waals surface area contributed by atoms with Crippen LogP contribution in [0.25, 0.3) is 16.7 Å². The highest BCUT2D eigenvalue weighted by molar-refractivity contribution is 5.77. The summed E-state index contributed by atoms with van der Waals surface area (Å²) in [5.74, 6) is -0.715. The first-order chi connectivity index (χ1) is 11.7. The average Bonchev–Trinajstić information content (AvgIpc) is 2.94. The summed E-state index contributed by atoms with van der Waals surface area (Å²) in [6, 6.07) is 5.61. The van der Waals surface area contributed by atoms with Crippen LogP contribution in [0.4, 0.5) is 4.39 Å². The molecule has 0 aliphatic rings. The predicted octanol–water partition coefficient (Wildman–Crippen LogP) is 1.03. The molecule has 0 atom stereocenters. The Balaban J connectivity index is 1.95. The van der Waals surface area contributed by atoms with E-state index >= 15 is 0 Å². The van der Waals surface area contributed by atoms with E-state index in [2.05, 4.69) is 20.7 Å². The Morgan fingerprint density at radius 1 is 1.24 bits per heavy atom. The Kier molecular flexibility index (Phi) is 4.07. The van der Waals surface area contributed by atoms with Gasteiger partial charge in [-0.2, -0.15) is 5.10 Å². The molecule has 0 saturated heterocycles. The number of fused-ring (bicyclic) bond motifs is 1. The number of hydrogen-bond donors (Lipinski definition) is 1. The SMILES string of the molecule is CC(C)(C)NC(=O)Cn1nnc2c(cnn2-c2ccc(F)cc2)c1=O. The van der Waals surface area contributed by atoms with Crippen LogP contribution in [-0.2, 0) is 11.3 Å². The van der Waals surface area contributed by atoms with Gasteiger partial charge < -0.3 is 5.32 Å². The van der Waals surface area contributed by atoms with Gasteiger partial charge in [0.25, 0.3) is 5.56 Å². The van der Waals surface area contributed by atoms with Gasteiger partial charge in [-0.05, 0) is 45.0 Å².